The standard InChI is InChI=1S/C25H25ClN2O4S2/c1-17(18-7-9-20(33-2)10-8-18)27-25(29)16-32-24-12-11-21(15-22(24)26)34(30,31)28-14-13-19-5-3-4-6-23(19)28/h3-12,15,17H,13-14,16H2,1-2H3,(H,27,29). The molecular weight excluding hydrogens is 492 g/mol. The fraction of sp³-hybridized carbons (Fsp3) is 0.240. The number of anilines is 1. The lowest BCUT2D eigenvalue weighted by molar-refractivity contribution is -0.123. The van der Waals surface area contributed by atoms with E-state index in [0.717, 1.165) is 16.0 Å². The van der Waals surface area contributed by atoms with Gasteiger partial charge in [0, 0.05) is 11.4 Å². The van der Waals surface area contributed by atoms with Gasteiger partial charge in [-0.3, -0.25) is 9.10 Å². The Morgan fingerprint density at radius 2 is 1.88 bits per heavy atom. The van der Waals surface area contributed by atoms with Gasteiger partial charge in [0.2, 0.25) is 0 Å². The van der Waals surface area contributed by atoms with Gasteiger partial charge in [-0.05, 0) is 67.1 Å². The molecule has 1 aliphatic heterocycles. The molecule has 3 aromatic carbocycles. The van der Waals surface area contributed by atoms with Crippen LogP contribution in [0.1, 0.15) is 24.1 Å². The van der Waals surface area contributed by atoms with Gasteiger partial charge < -0.3 is 10.1 Å². The number of carbonyl (C=O) groups excluding carboxylic acids is 1. The Hall–Kier alpha value is -2.68. The summed E-state index contributed by atoms with van der Waals surface area (Å²) in [5.41, 5.74) is 2.67. The predicted octanol–water partition coefficient (Wildman–Crippen LogP) is 5.07. The number of halogens is 1. The molecule has 1 heterocycles. The second kappa shape index (κ2) is 10.3. The van der Waals surface area contributed by atoms with Crippen molar-refractivity contribution >= 4 is 45.0 Å². The Labute approximate surface area is 209 Å². The van der Waals surface area contributed by atoms with Gasteiger partial charge in [0.05, 0.1) is 21.6 Å². The zero-order chi connectivity index (χ0) is 24.3. The van der Waals surface area contributed by atoms with Crippen LogP contribution in [0.4, 0.5) is 5.69 Å². The van der Waals surface area contributed by atoms with E-state index in [4.69, 9.17) is 16.3 Å². The summed E-state index contributed by atoms with van der Waals surface area (Å²) < 4.78 is 33.3. The third-order valence-corrected chi connectivity index (χ3v) is 8.54. The monoisotopic (exact) mass is 516 g/mol. The van der Waals surface area contributed by atoms with Crippen molar-refractivity contribution in [2.75, 3.05) is 23.7 Å². The van der Waals surface area contributed by atoms with Crippen LogP contribution in [0.15, 0.2) is 76.5 Å². The van der Waals surface area contributed by atoms with Gasteiger partial charge in [0.1, 0.15) is 5.75 Å². The lowest BCUT2D eigenvalue weighted by Crippen LogP contribution is -2.31. The molecule has 0 saturated carbocycles. The molecule has 0 bridgehead atoms. The van der Waals surface area contributed by atoms with E-state index in [-0.39, 0.29) is 34.2 Å². The molecule has 1 atom stereocenters. The van der Waals surface area contributed by atoms with Gasteiger partial charge >= 0.3 is 0 Å². The summed E-state index contributed by atoms with van der Waals surface area (Å²) in [5, 5.41) is 3.02. The zero-order valence-corrected chi connectivity index (χ0v) is 21.2. The molecule has 0 aromatic heterocycles. The Balaban J connectivity index is 1.39. The second-order valence-electron chi connectivity index (χ2n) is 7.90. The van der Waals surface area contributed by atoms with Gasteiger partial charge in [-0.1, -0.05) is 41.9 Å². The number of ether oxygens (including phenoxy) is 1. The Bertz CT molecular complexity index is 1300. The number of rotatable bonds is 8. The van der Waals surface area contributed by atoms with Gasteiger partial charge in [0.15, 0.2) is 6.61 Å². The first-order valence-corrected chi connectivity index (χ1v) is 13.8. The number of amides is 1. The first-order valence-electron chi connectivity index (χ1n) is 10.8. The van der Waals surface area contributed by atoms with Crippen molar-refractivity contribution in [1.29, 1.82) is 0 Å². The van der Waals surface area contributed by atoms with Crippen LogP contribution in [0.25, 0.3) is 0 Å². The Morgan fingerprint density at radius 3 is 2.59 bits per heavy atom. The largest absolute Gasteiger partial charge is 0.482 e. The second-order valence-corrected chi connectivity index (χ2v) is 11.0. The number of fused-ring (bicyclic) bond motifs is 1. The lowest BCUT2D eigenvalue weighted by atomic mass is 10.1. The van der Waals surface area contributed by atoms with Crippen LogP contribution in [0, 0.1) is 0 Å². The first-order chi connectivity index (χ1) is 16.3. The predicted molar refractivity (Wildman–Crippen MR) is 136 cm³/mol. The van der Waals surface area contributed by atoms with Crippen molar-refractivity contribution in [3.63, 3.8) is 0 Å². The molecular formula is C25H25ClN2O4S2. The fourth-order valence-corrected chi connectivity index (χ4v) is 6.08. The number of hydrogen-bond donors (Lipinski definition) is 1. The number of nitrogens with one attached hydrogen (secondary N) is 1. The Morgan fingerprint density at radius 1 is 1.15 bits per heavy atom. The molecule has 0 radical (unpaired) electrons. The summed E-state index contributed by atoms with van der Waals surface area (Å²) in [5.74, 6) is -0.0579. The molecule has 4 rings (SSSR count). The topological polar surface area (TPSA) is 75.7 Å². The number of hydrogen-bond acceptors (Lipinski definition) is 5. The summed E-state index contributed by atoms with van der Waals surface area (Å²) in [6.45, 7) is 2.05. The van der Waals surface area contributed by atoms with E-state index in [1.54, 1.807) is 17.8 Å². The highest BCUT2D eigenvalue weighted by Crippen LogP contribution is 2.35. The van der Waals surface area contributed by atoms with Gasteiger partial charge in [-0.25, -0.2) is 8.42 Å². The van der Waals surface area contributed by atoms with E-state index in [9.17, 15) is 13.2 Å². The quantitative estimate of drug-likeness (QED) is 0.423. The number of nitrogens with zero attached hydrogens (tertiary/aromatic N) is 1. The summed E-state index contributed by atoms with van der Waals surface area (Å²) in [7, 11) is -3.76. The third kappa shape index (κ3) is 5.19. The molecule has 0 aliphatic carbocycles. The maximum Gasteiger partial charge on any atom is 0.264 e. The number of para-hydroxylation sites is 1. The van der Waals surface area contributed by atoms with Gasteiger partial charge in [-0.15, -0.1) is 11.8 Å². The average Bonchev–Trinajstić information content (AvgIpc) is 3.28. The summed E-state index contributed by atoms with van der Waals surface area (Å²) in [4.78, 5) is 13.6. The van der Waals surface area contributed by atoms with Crippen LogP contribution in [0.5, 0.6) is 5.75 Å². The molecule has 1 unspecified atom stereocenters. The molecule has 0 fully saturated rings. The molecule has 0 spiro atoms. The van der Waals surface area contributed by atoms with E-state index in [2.05, 4.69) is 5.32 Å². The van der Waals surface area contributed by atoms with E-state index in [1.165, 1.54) is 22.5 Å². The molecule has 9 heteroatoms. The smallest absolute Gasteiger partial charge is 0.264 e. The van der Waals surface area contributed by atoms with Crippen molar-refractivity contribution in [1.82, 2.24) is 5.32 Å². The lowest BCUT2D eigenvalue weighted by Gasteiger charge is -2.20. The van der Waals surface area contributed by atoms with Crippen LogP contribution in [-0.4, -0.2) is 33.7 Å². The van der Waals surface area contributed by atoms with Crippen LogP contribution in [-0.2, 0) is 21.2 Å². The minimum atomic E-state index is -3.76. The molecule has 3 aromatic rings. The summed E-state index contributed by atoms with van der Waals surface area (Å²) >= 11 is 7.97. The molecule has 34 heavy (non-hydrogen) atoms. The first kappa shape index (κ1) is 24.4. The van der Waals surface area contributed by atoms with Crippen molar-refractivity contribution in [2.45, 2.75) is 29.2 Å². The van der Waals surface area contributed by atoms with Crippen molar-refractivity contribution in [3.8, 4) is 5.75 Å². The van der Waals surface area contributed by atoms with Gasteiger partial charge in [0.25, 0.3) is 15.9 Å². The number of carbonyl (C=O) groups is 1. The van der Waals surface area contributed by atoms with Crippen molar-refractivity contribution in [2.24, 2.45) is 0 Å². The van der Waals surface area contributed by atoms with Gasteiger partial charge in [-0.2, -0.15) is 0 Å². The zero-order valence-electron chi connectivity index (χ0n) is 18.8. The molecule has 6 nitrogen and oxygen atoms in total. The summed E-state index contributed by atoms with van der Waals surface area (Å²) in [6.07, 6.45) is 2.68. The molecule has 1 amide bonds. The van der Waals surface area contributed by atoms with E-state index >= 15 is 0 Å². The highest BCUT2D eigenvalue weighted by atomic mass is 35.5. The maximum absolute atomic E-state index is 13.2. The molecule has 1 aliphatic rings. The van der Waals surface area contributed by atoms with E-state index in [0.29, 0.717) is 18.7 Å². The summed E-state index contributed by atoms with van der Waals surface area (Å²) in [6, 6.07) is 19.5. The normalized spacial score (nSPS) is 13.9. The highest BCUT2D eigenvalue weighted by Gasteiger charge is 2.31. The number of thioether (sulfide) groups is 1. The fourth-order valence-electron chi connectivity index (χ4n) is 3.85. The molecule has 178 valence electrons. The third-order valence-electron chi connectivity index (χ3n) is 5.69. The minimum absolute atomic E-state index is 0.0771. The van der Waals surface area contributed by atoms with E-state index < -0.39 is 10.0 Å². The molecule has 0 saturated heterocycles. The van der Waals surface area contributed by atoms with Crippen LogP contribution < -0.4 is 14.4 Å². The maximum atomic E-state index is 13.2. The highest BCUT2D eigenvalue weighted by molar-refractivity contribution is 7.98. The SMILES string of the molecule is CSc1ccc(C(C)NC(=O)COc2ccc(S(=O)(=O)N3CCc4ccccc43)cc2Cl)cc1. The van der Waals surface area contributed by atoms with Crippen molar-refractivity contribution < 1.29 is 17.9 Å². The average molecular weight is 517 g/mol. The number of sulfonamides is 1. The molecule has 1 N–H and O–H groups in total. The Kier molecular flexibility index (Phi) is 7.40. The van der Waals surface area contributed by atoms with E-state index in [1.807, 2.05) is 55.6 Å². The van der Waals surface area contributed by atoms with Crippen LogP contribution >= 0.6 is 23.4 Å². The van der Waals surface area contributed by atoms with Crippen molar-refractivity contribution in [3.05, 3.63) is 82.9 Å². The van der Waals surface area contributed by atoms with Crippen LogP contribution in [0.3, 0.4) is 0 Å². The van der Waals surface area contributed by atoms with Crippen LogP contribution in [0.2, 0.25) is 5.02 Å². The number of benzene rings is 3. The minimum Gasteiger partial charge on any atom is -0.482 e.